The highest BCUT2D eigenvalue weighted by Gasteiger charge is 2.16. The lowest BCUT2D eigenvalue weighted by Gasteiger charge is -2.24. The molecule has 0 aliphatic rings. The molecule has 0 saturated heterocycles. The van der Waals surface area contributed by atoms with Gasteiger partial charge in [0.1, 0.15) is 5.78 Å². The zero-order chi connectivity index (χ0) is 14.4. The van der Waals surface area contributed by atoms with Crippen LogP contribution in [0.15, 0.2) is 18.2 Å². The summed E-state index contributed by atoms with van der Waals surface area (Å²) in [5, 5.41) is 0. The number of ketones is 1. The number of carbonyl (C=O) groups is 1. The van der Waals surface area contributed by atoms with Crippen molar-refractivity contribution in [3.63, 3.8) is 0 Å². The van der Waals surface area contributed by atoms with Gasteiger partial charge in [0.05, 0.1) is 6.61 Å². The molecule has 4 heteroatoms. The Morgan fingerprint density at radius 1 is 1.42 bits per heavy atom. The van der Waals surface area contributed by atoms with Crippen molar-refractivity contribution in [2.45, 2.75) is 32.7 Å². The molecule has 1 aromatic rings. The molecule has 0 fully saturated rings. The van der Waals surface area contributed by atoms with Crippen molar-refractivity contribution in [1.82, 2.24) is 4.90 Å². The van der Waals surface area contributed by atoms with Gasteiger partial charge in [0.2, 0.25) is 0 Å². The van der Waals surface area contributed by atoms with Crippen molar-refractivity contribution in [2.24, 2.45) is 0 Å². The van der Waals surface area contributed by atoms with Crippen LogP contribution in [0.25, 0.3) is 0 Å². The molecule has 1 atom stereocenters. The van der Waals surface area contributed by atoms with Crippen LogP contribution in [-0.4, -0.2) is 31.4 Å². The van der Waals surface area contributed by atoms with Crippen LogP contribution in [0.5, 0.6) is 5.75 Å². The molecule has 0 heterocycles. The first-order chi connectivity index (χ1) is 8.95. The fraction of sp³-hybridized carbons (Fsp3) is 0.533. The van der Waals surface area contributed by atoms with Crippen LogP contribution in [-0.2, 0) is 4.79 Å². The van der Waals surface area contributed by atoms with E-state index in [4.69, 9.17) is 4.74 Å². The van der Waals surface area contributed by atoms with E-state index in [0.717, 1.165) is 5.56 Å². The van der Waals surface area contributed by atoms with Crippen molar-refractivity contribution in [2.75, 3.05) is 20.7 Å². The summed E-state index contributed by atoms with van der Waals surface area (Å²) >= 11 is 0. The lowest BCUT2D eigenvalue weighted by molar-refractivity contribution is -0.117. The molecule has 1 unspecified atom stereocenters. The third-order valence-corrected chi connectivity index (χ3v) is 3.03. The number of ether oxygens (including phenoxy) is 1. The molecule has 1 aromatic carbocycles. The van der Waals surface area contributed by atoms with Crippen LogP contribution in [0.2, 0.25) is 0 Å². The Morgan fingerprint density at radius 3 is 2.58 bits per heavy atom. The Hall–Kier alpha value is -1.42. The van der Waals surface area contributed by atoms with Gasteiger partial charge < -0.3 is 14.4 Å². The van der Waals surface area contributed by atoms with Crippen LogP contribution in [0.1, 0.15) is 38.3 Å². The molecular formula is C15H22FNO2. The summed E-state index contributed by atoms with van der Waals surface area (Å²) in [4.78, 5) is 13.1. The largest absolute Gasteiger partial charge is 0.491 e. The summed E-state index contributed by atoms with van der Waals surface area (Å²) in [6.07, 6.45) is 1.19. The lowest BCUT2D eigenvalue weighted by atomic mass is 9.99. The Kier molecular flexibility index (Phi) is 5.96. The van der Waals surface area contributed by atoms with E-state index < -0.39 is 0 Å². The fourth-order valence-electron chi connectivity index (χ4n) is 2.06. The quantitative estimate of drug-likeness (QED) is 0.760. The Morgan fingerprint density at radius 2 is 2.11 bits per heavy atom. The van der Waals surface area contributed by atoms with E-state index >= 15 is 0 Å². The topological polar surface area (TPSA) is 29.5 Å². The predicted molar refractivity (Wildman–Crippen MR) is 73.9 cm³/mol. The maximum atomic E-state index is 13.8. The SMILES string of the molecule is CCOc1ccc(C(CCC(C)=O)N(C)C)cc1F. The Balaban J connectivity index is 2.90. The van der Waals surface area contributed by atoms with Crippen molar-refractivity contribution >= 4 is 5.78 Å². The minimum Gasteiger partial charge on any atom is -0.491 e. The van der Waals surface area contributed by atoms with E-state index in [1.807, 2.05) is 32.0 Å². The van der Waals surface area contributed by atoms with E-state index in [9.17, 15) is 9.18 Å². The van der Waals surface area contributed by atoms with Crippen molar-refractivity contribution in [3.8, 4) is 5.75 Å². The van der Waals surface area contributed by atoms with Gasteiger partial charge in [0, 0.05) is 12.5 Å². The summed E-state index contributed by atoms with van der Waals surface area (Å²) in [5.74, 6) is 0.0719. The number of hydrogen-bond donors (Lipinski definition) is 0. The van der Waals surface area contributed by atoms with Crippen LogP contribution in [0, 0.1) is 5.82 Å². The molecule has 0 saturated carbocycles. The molecule has 3 nitrogen and oxygen atoms in total. The van der Waals surface area contributed by atoms with Crippen molar-refractivity contribution in [1.29, 1.82) is 0 Å². The average molecular weight is 267 g/mol. The molecule has 19 heavy (non-hydrogen) atoms. The van der Waals surface area contributed by atoms with Gasteiger partial charge in [-0.1, -0.05) is 6.07 Å². The summed E-state index contributed by atoms with van der Waals surface area (Å²) in [5.41, 5.74) is 0.868. The monoisotopic (exact) mass is 267 g/mol. The summed E-state index contributed by atoms with van der Waals surface area (Å²) < 4.78 is 19.0. The van der Waals surface area contributed by atoms with Crippen LogP contribution in [0.3, 0.4) is 0 Å². The molecule has 0 radical (unpaired) electrons. The third kappa shape index (κ3) is 4.63. The minimum atomic E-state index is -0.353. The zero-order valence-corrected chi connectivity index (χ0v) is 12.1. The first-order valence-electron chi connectivity index (χ1n) is 6.53. The Bertz CT molecular complexity index is 432. The normalized spacial score (nSPS) is 12.5. The lowest BCUT2D eigenvalue weighted by Crippen LogP contribution is -2.20. The van der Waals surface area contributed by atoms with Gasteiger partial charge in [-0.2, -0.15) is 0 Å². The number of nitrogens with zero attached hydrogens (tertiary/aromatic N) is 1. The van der Waals surface area contributed by atoms with Gasteiger partial charge in [0.15, 0.2) is 11.6 Å². The van der Waals surface area contributed by atoms with Crippen molar-refractivity contribution < 1.29 is 13.9 Å². The second-order valence-electron chi connectivity index (χ2n) is 4.84. The van der Waals surface area contributed by atoms with Gasteiger partial charge in [-0.15, -0.1) is 0 Å². The number of carbonyl (C=O) groups excluding carboxylic acids is 1. The molecule has 0 N–H and O–H groups in total. The predicted octanol–water partition coefficient (Wildman–Crippen LogP) is 3.20. The summed E-state index contributed by atoms with van der Waals surface area (Å²) in [6.45, 7) is 3.84. The number of rotatable bonds is 7. The third-order valence-electron chi connectivity index (χ3n) is 3.03. The molecule has 106 valence electrons. The minimum absolute atomic E-state index is 0.0362. The maximum Gasteiger partial charge on any atom is 0.165 e. The van der Waals surface area contributed by atoms with Crippen LogP contribution >= 0.6 is 0 Å². The second kappa shape index (κ2) is 7.24. The van der Waals surface area contributed by atoms with Gasteiger partial charge >= 0.3 is 0 Å². The van der Waals surface area contributed by atoms with Gasteiger partial charge in [-0.25, -0.2) is 4.39 Å². The van der Waals surface area contributed by atoms with Crippen molar-refractivity contribution in [3.05, 3.63) is 29.6 Å². The van der Waals surface area contributed by atoms with Crippen LogP contribution < -0.4 is 4.74 Å². The van der Waals surface area contributed by atoms with Gasteiger partial charge in [0.25, 0.3) is 0 Å². The molecule has 0 aliphatic carbocycles. The fourth-order valence-corrected chi connectivity index (χ4v) is 2.06. The molecule has 0 spiro atoms. The van der Waals surface area contributed by atoms with E-state index in [1.54, 1.807) is 13.0 Å². The van der Waals surface area contributed by atoms with Gasteiger partial charge in [-0.3, -0.25) is 0 Å². The highest BCUT2D eigenvalue weighted by atomic mass is 19.1. The van der Waals surface area contributed by atoms with Gasteiger partial charge in [-0.05, 0) is 52.1 Å². The smallest absolute Gasteiger partial charge is 0.165 e. The molecule has 0 amide bonds. The summed E-state index contributed by atoms with van der Waals surface area (Å²) in [7, 11) is 3.86. The number of benzene rings is 1. The zero-order valence-electron chi connectivity index (χ0n) is 12.1. The number of Topliss-reactive ketones (excluding diaryl/α,β-unsaturated/α-hetero) is 1. The van der Waals surface area contributed by atoms with E-state index in [-0.39, 0.29) is 23.4 Å². The molecule has 0 aliphatic heterocycles. The Labute approximate surface area is 114 Å². The molecule has 0 bridgehead atoms. The summed E-state index contributed by atoms with van der Waals surface area (Å²) in [6, 6.07) is 5.04. The van der Waals surface area contributed by atoms with E-state index in [0.29, 0.717) is 19.4 Å². The highest BCUT2D eigenvalue weighted by molar-refractivity contribution is 5.75. The molecule has 1 rings (SSSR count). The standard InChI is InChI=1S/C15H22FNO2/c1-5-19-15-9-7-12(10-13(15)16)14(17(3)4)8-6-11(2)18/h7,9-10,14H,5-6,8H2,1-4H3. The molecular weight excluding hydrogens is 245 g/mol. The first-order valence-corrected chi connectivity index (χ1v) is 6.53. The van der Waals surface area contributed by atoms with Crippen LogP contribution in [0.4, 0.5) is 4.39 Å². The number of halogens is 1. The van der Waals surface area contributed by atoms with E-state index in [2.05, 4.69) is 0 Å². The van der Waals surface area contributed by atoms with E-state index in [1.165, 1.54) is 6.07 Å². The maximum absolute atomic E-state index is 13.8. The second-order valence-corrected chi connectivity index (χ2v) is 4.84. The highest BCUT2D eigenvalue weighted by Crippen LogP contribution is 2.27. The average Bonchev–Trinajstić information content (AvgIpc) is 2.32. The number of hydrogen-bond acceptors (Lipinski definition) is 3. The molecule has 0 aromatic heterocycles. The first kappa shape index (κ1) is 15.6.